The summed E-state index contributed by atoms with van der Waals surface area (Å²) >= 11 is 3.38. The van der Waals surface area contributed by atoms with E-state index in [4.69, 9.17) is 9.15 Å². The Morgan fingerprint density at radius 1 is 1.23 bits per heavy atom. The quantitative estimate of drug-likeness (QED) is 0.357. The van der Waals surface area contributed by atoms with Crippen LogP contribution >= 0.6 is 15.9 Å². The highest BCUT2D eigenvalue weighted by atomic mass is 79.9. The van der Waals surface area contributed by atoms with Crippen LogP contribution in [-0.4, -0.2) is 27.6 Å². The van der Waals surface area contributed by atoms with E-state index in [1.54, 1.807) is 17.9 Å². The van der Waals surface area contributed by atoms with Gasteiger partial charge >= 0.3 is 0 Å². The van der Waals surface area contributed by atoms with Crippen molar-refractivity contribution in [3.05, 3.63) is 69.4 Å². The van der Waals surface area contributed by atoms with Gasteiger partial charge in [0.1, 0.15) is 12.4 Å². The summed E-state index contributed by atoms with van der Waals surface area (Å²) in [6.07, 6.45) is 1.63. The minimum Gasteiger partial charge on any atom is -0.479 e. The molecule has 160 valence electrons. The molecule has 2 heterocycles. The summed E-state index contributed by atoms with van der Waals surface area (Å²) in [6, 6.07) is 2.81. The molecule has 1 aromatic carbocycles. The van der Waals surface area contributed by atoms with Gasteiger partial charge in [-0.25, -0.2) is 8.78 Å². The predicted octanol–water partition coefficient (Wildman–Crippen LogP) is 4.67. The molecule has 1 amide bonds. The third-order valence-electron chi connectivity index (χ3n) is 4.23. The first-order chi connectivity index (χ1) is 14.2. The topological polar surface area (TPSA) is 60.5 Å². The molecule has 0 radical (unpaired) electrons. The van der Waals surface area contributed by atoms with Crippen LogP contribution in [0.25, 0.3) is 0 Å². The van der Waals surface area contributed by atoms with Crippen molar-refractivity contribution in [1.29, 1.82) is 0 Å². The first-order valence-electron chi connectivity index (χ1n) is 8.73. The average Bonchev–Trinajstić information content (AvgIpc) is 3.33. The largest absolute Gasteiger partial charge is 0.479 e. The molecule has 0 atom stereocenters. The highest BCUT2D eigenvalue weighted by Crippen LogP contribution is 2.27. The van der Waals surface area contributed by atoms with Crippen molar-refractivity contribution in [1.82, 2.24) is 14.7 Å². The highest BCUT2D eigenvalue weighted by Gasteiger charge is 2.22. The van der Waals surface area contributed by atoms with Crippen LogP contribution in [0.5, 0.6) is 5.75 Å². The lowest BCUT2D eigenvalue weighted by molar-refractivity contribution is 0.0745. The summed E-state index contributed by atoms with van der Waals surface area (Å²) in [5.74, 6) is -8.14. The number of benzene rings is 1. The van der Waals surface area contributed by atoms with Gasteiger partial charge in [0.15, 0.2) is 23.1 Å². The molecule has 0 N–H and O–H groups in total. The molecule has 0 aliphatic carbocycles. The molecule has 0 aliphatic rings. The summed E-state index contributed by atoms with van der Waals surface area (Å²) in [5, 5.41) is 4.18. The lowest BCUT2D eigenvalue weighted by Crippen LogP contribution is -2.27. The number of nitrogens with zero attached hydrogens (tertiary/aromatic N) is 3. The fraction of sp³-hybridized carbons (Fsp3) is 0.263. The van der Waals surface area contributed by atoms with Gasteiger partial charge in [-0.2, -0.15) is 13.9 Å². The Kier molecular flexibility index (Phi) is 6.49. The molecule has 0 saturated heterocycles. The summed E-state index contributed by atoms with van der Waals surface area (Å²) in [5.41, 5.74) is 0.794. The number of amides is 1. The molecule has 30 heavy (non-hydrogen) atoms. The van der Waals surface area contributed by atoms with Gasteiger partial charge in [0.2, 0.25) is 11.6 Å². The van der Waals surface area contributed by atoms with E-state index in [2.05, 4.69) is 21.0 Å². The van der Waals surface area contributed by atoms with Crippen molar-refractivity contribution in [2.24, 2.45) is 0 Å². The van der Waals surface area contributed by atoms with E-state index in [0.717, 1.165) is 10.2 Å². The average molecular weight is 490 g/mol. The van der Waals surface area contributed by atoms with Crippen molar-refractivity contribution in [3.63, 3.8) is 0 Å². The fourth-order valence-electron chi connectivity index (χ4n) is 2.69. The molecule has 0 saturated carbocycles. The summed E-state index contributed by atoms with van der Waals surface area (Å²) < 4.78 is 66.4. The molecular weight excluding hydrogens is 474 g/mol. The van der Waals surface area contributed by atoms with Crippen LogP contribution in [0.1, 0.15) is 28.9 Å². The highest BCUT2D eigenvalue weighted by molar-refractivity contribution is 9.10. The first-order valence-corrected chi connectivity index (χ1v) is 9.52. The number of rotatable bonds is 7. The van der Waals surface area contributed by atoms with E-state index >= 15 is 0 Å². The number of furan rings is 1. The first kappa shape index (κ1) is 21.9. The van der Waals surface area contributed by atoms with E-state index in [1.807, 2.05) is 6.92 Å². The number of carbonyl (C=O) groups is 1. The van der Waals surface area contributed by atoms with Gasteiger partial charge in [0.25, 0.3) is 5.91 Å². The van der Waals surface area contributed by atoms with E-state index < -0.39 is 41.5 Å². The Labute approximate surface area is 177 Å². The third-order valence-corrected chi connectivity index (χ3v) is 4.90. The zero-order valence-electron chi connectivity index (χ0n) is 15.9. The predicted molar refractivity (Wildman–Crippen MR) is 101 cm³/mol. The maximum absolute atomic E-state index is 13.7. The number of aromatic nitrogens is 2. The Morgan fingerprint density at radius 3 is 2.53 bits per heavy atom. The lowest BCUT2D eigenvalue weighted by Gasteiger charge is -2.17. The molecule has 0 spiro atoms. The van der Waals surface area contributed by atoms with Gasteiger partial charge in [-0.15, -0.1) is 0 Å². The maximum atomic E-state index is 13.7. The second-order valence-electron chi connectivity index (χ2n) is 6.27. The summed E-state index contributed by atoms with van der Waals surface area (Å²) in [4.78, 5) is 14.0. The van der Waals surface area contributed by atoms with E-state index in [1.165, 1.54) is 17.0 Å². The zero-order valence-corrected chi connectivity index (χ0v) is 17.5. The molecule has 0 bridgehead atoms. The van der Waals surface area contributed by atoms with Crippen LogP contribution in [0, 0.1) is 23.3 Å². The Morgan fingerprint density at radius 2 is 1.90 bits per heavy atom. The smallest absolute Gasteiger partial charge is 0.289 e. The van der Waals surface area contributed by atoms with E-state index in [-0.39, 0.29) is 24.1 Å². The minimum atomic E-state index is -1.66. The number of hydrogen-bond donors (Lipinski definition) is 0. The van der Waals surface area contributed by atoms with Crippen molar-refractivity contribution in [3.8, 4) is 5.75 Å². The van der Waals surface area contributed by atoms with Crippen molar-refractivity contribution < 1.29 is 31.5 Å². The minimum absolute atomic E-state index is 0.0370. The van der Waals surface area contributed by atoms with Gasteiger partial charge in [0.05, 0.1) is 22.9 Å². The Bertz CT molecular complexity index is 1060. The lowest BCUT2D eigenvalue weighted by atomic mass is 10.3. The monoisotopic (exact) mass is 489 g/mol. The van der Waals surface area contributed by atoms with Crippen LogP contribution in [0.3, 0.4) is 0 Å². The number of carbonyl (C=O) groups excluding carboxylic acids is 1. The van der Waals surface area contributed by atoms with Crippen LogP contribution in [0.15, 0.2) is 33.3 Å². The van der Waals surface area contributed by atoms with Gasteiger partial charge in [-0.05, 0) is 35.0 Å². The molecule has 3 rings (SSSR count). The molecule has 0 fully saturated rings. The third kappa shape index (κ3) is 4.35. The number of hydrogen-bond acceptors (Lipinski definition) is 4. The van der Waals surface area contributed by atoms with E-state index in [0.29, 0.717) is 6.54 Å². The normalized spacial score (nSPS) is 11.0. The summed E-state index contributed by atoms with van der Waals surface area (Å²) in [7, 11) is 1.57. The second kappa shape index (κ2) is 8.90. The molecule has 0 unspecified atom stereocenters. The second-order valence-corrected chi connectivity index (χ2v) is 7.12. The SMILES string of the molecule is CCn1ncc(Br)c1CN(C)C(=O)c1ccc(COc2c(F)c(F)cc(F)c2F)o1. The van der Waals surface area contributed by atoms with Gasteiger partial charge in [-0.1, -0.05) is 0 Å². The van der Waals surface area contributed by atoms with Crippen LogP contribution < -0.4 is 4.74 Å². The van der Waals surface area contributed by atoms with Gasteiger partial charge in [0, 0.05) is 19.7 Å². The number of ether oxygens (including phenoxy) is 1. The number of aryl methyl sites for hydroxylation is 1. The fourth-order valence-corrected chi connectivity index (χ4v) is 3.12. The molecule has 11 heteroatoms. The molecule has 6 nitrogen and oxygen atoms in total. The molecule has 2 aromatic heterocycles. The van der Waals surface area contributed by atoms with Crippen molar-refractivity contribution >= 4 is 21.8 Å². The molecule has 0 aliphatic heterocycles. The van der Waals surface area contributed by atoms with Crippen LogP contribution in [0.2, 0.25) is 0 Å². The standard InChI is InChI=1S/C19H16BrF4N3O3/c1-3-27-14(11(20)7-25-27)8-26(2)19(28)15-5-4-10(30-15)9-29-18-16(23)12(21)6-13(22)17(18)24/h4-7H,3,8-9H2,1-2H3. The molecular formula is C19H16BrF4N3O3. The Hall–Kier alpha value is -2.82. The zero-order chi connectivity index (χ0) is 22.0. The van der Waals surface area contributed by atoms with Gasteiger partial charge in [-0.3, -0.25) is 9.48 Å². The summed E-state index contributed by atoms with van der Waals surface area (Å²) in [6.45, 7) is 2.25. The number of halogens is 5. The maximum Gasteiger partial charge on any atom is 0.289 e. The van der Waals surface area contributed by atoms with Crippen LogP contribution in [-0.2, 0) is 19.7 Å². The Balaban J connectivity index is 1.69. The van der Waals surface area contributed by atoms with Crippen LogP contribution in [0.4, 0.5) is 17.6 Å². The van der Waals surface area contributed by atoms with Crippen molar-refractivity contribution in [2.75, 3.05) is 7.05 Å². The van der Waals surface area contributed by atoms with Crippen molar-refractivity contribution in [2.45, 2.75) is 26.6 Å². The van der Waals surface area contributed by atoms with Gasteiger partial charge < -0.3 is 14.1 Å². The molecule has 3 aromatic rings. The van der Waals surface area contributed by atoms with E-state index in [9.17, 15) is 22.4 Å².